The number of halogens is 1. The highest BCUT2D eigenvalue weighted by Crippen LogP contribution is 2.17. The molecule has 0 radical (unpaired) electrons. The molecule has 1 heterocycles. The van der Waals surface area contributed by atoms with Crippen LogP contribution in [-0.2, 0) is 17.1 Å². The van der Waals surface area contributed by atoms with Crippen LogP contribution in [0.5, 0.6) is 0 Å². The number of aryl methyl sites for hydroxylation is 2. The lowest BCUT2D eigenvalue weighted by molar-refractivity contribution is 0.419. The standard InChI is InChI=1S/C10H18BrN3O2S/c1-8-13-9(5-14(8)4)17(15,16)12-7-10(2,3)6-11/h5,12H,6-7H2,1-4H3. The molecule has 0 fully saturated rings. The van der Waals surface area contributed by atoms with Gasteiger partial charge in [0, 0.05) is 25.1 Å². The predicted octanol–water partition coefficient (Wildman–Crippen LogP) is 1.43. The molecule has 0 aliphatic heterocycles. The third-order valence-electron chi connectivity index (χ3n) is 2.46. The van der Waals surface area contributed by atoms with Gasteiger partial charge in [0.05, 0.1) is 0 Å². The lowest BCUT2D eigenvalue weighted by Crippen LogP contribution is -2.35. The summed E-state index contributed by atoms with van der Waals surface area (Å²) in [6, 6.07) is 0. The van der Waals surface area contributed by atoms with E-state index in [1.165, 1.54) is 6.20 Å². The number of hydrogen-bond acceptors (Lipinski definition) is 3. The fraction of sp³-hybridized carbons (Fsp3) is 0.700. The van der Waals surface area contributed by atoms with Crippen LogP contribution in [0.4, 0.5) is 0 Å². The molecule has 0 unspecified atom stereocenters. The molecule has 5 nitrogen and oxygen atoms in total. The molecule has 0 amide bonds. The Labute approximate surface area is 111 Å². The minimum atomic E-state index is -3.51. The van der Waals surface area contributed by atoms with Crippen LogP contribution in [0.25, 0.3) is 0 Å². The number of rotatable bonds is 5. The summed E-state index contributed by atoms with van der Waals surface area (Å²) in [6.45, 7) is 6.10. The van der Waals surface area contributed by atoms with Crippen molar-refractivity contribution in [3.05, 3.63) is 12.0 Å². The molecular weight excluding hydrogens is 306 g/mol. The summed E-state index contributed by atoms with van der Waals surface area (Å²) in [6.07, 6.45) is 1.51. The number of aromatic nitrogens is 2. The number of nitrogens with one attached hydrogen (secondary N) is 1. The molecule has 1 aromatic rings. The molecule has 7 heteroatoms. The molecule has 98 valence electrons. The van der Waals surface area contributed by atoms with Gasteiger partial charge in [-0.25, -0.2) is 18.1 Å². The molecule has 0 atom stereocenters. The van der Waals surface area contributed by atoms with Crippen molar-refractivity contribution < 1.29 is 8.42 Å². The van der Waals surface area contributed by atoms with Crippen LogP contribution in [0.15, 0.2) is 11.2 Å². The van der Waals surface area contributed by atoms with E-state index >= 15 is 0 Å². The molecule has 0 spiro atoms. The van der Waals surface area contributed by atoms with Gasteiger partial charge < -0.3 is 4.57 Å². The normalized spacial score (nSPS) is 13.0. The van der Waals surface area contributed by atoms with Gasteiger partial charge in [0.15, 0.2) is 5.03 Å². The van der Waals surface area contributed by atoms with Gasteiger partial charge in [-0.05, 0) is 12.3 Å². The molecule has 0 saturated heterocycles. The second-order valence-electron chi connectivity index (χ2n) is 4.86. The molecule has 1 rings (SSSR count). The van der Waals surface area contributed by atoms with Crippen LogP contribution >= 0.6 is 15.9 Å². The van der Waals surface area contributed by atoms with E-state index in [1.54, 1.807) is 18.5 Å². The van der Waals surface area contributed by atoms with Crippen molar-refractivity contribution in [1.29, 1.82) is 0 Å². The Morgan fingerprint density at radius 1 is 1.53 bits per heavy atom. The number of nitrogens with zero attached hydrogens (tertiary/aromatic N) is 2. The zero-order valence-electron chi connectivity index (χ0n) is 10.5. The maximum atomic E-state index is 12.0. The minimum Gasteiger partial charge on any atom is -0.337 e. The summed E-state index contributed by atoms with van der Waals surface area (Å²) < 4.78 is 28.2. The van der Waals surface area contributed by atoms with Gasteiger partial charge in [-0.2, -0.15) is 0 Å². The van der Waals surface area contributed by atoms with Gasteiger partial charge in [-0.15, -0.1) is 0 Å². The Bertz CT molecular complexity index is 474. The predicted molar refractivity (Wildman–Crippen MR) is 70.7 cm³/mol. The molecule has 0 saturated carbocycles. The molecule has 0 bridgehead atoms. The highest BCUT2D eigenvalue weighted by atomic mass is 79.9. The molecule has 0 aliphatic carbocycles. The molecule has 0 aromatic carbocycles. The van der Waals surface area contributed by atoms with Crippen molar-refractivity contribution in [2.24, 2.45) is 12.5 Å². The first kappa shape index (κ1) is 14.7. The molecule has 1 N–H and O–H groups in total. The summed E-state index contributed by atoms with van der Waals surface area (Å²) in [4.78, 5) is 4.01. The van der Waals surface area contributed by atoms with Crippen LogP contribution in [0, 0.1) is 12.3 Å². The lowest BCUT2D eigenvalue weighted by atomic mass is 9.98. The average Bonchev–Trinajstić information content (AvgIpc) is 2.58. The van der Waals surface area contributed by atoms with E-state index in [4.69, 9.17) is 0 Å². The zero-order chi connectivity index (χ0) is 13.3. The largest absolute Gasteiger partial charge is 0.337 e. The van der Waals surface area contributed by atoms with Crippen molar-refractivity contribution in [1.82, 2.24) is 14.3 Å². The Kier molecular flexibility index (Phi) is 4.38. The summed E-state index contributed by atoms with van der Waals surface area (Å²) in [7, 11) is -1.74. The number of imidazole rings is 1. The topological polar surface area (TPSA) is 64.0 Å². The third-order valence-corrected chi connectivity index (χ3v) is 5.25. The fourth-order valence-electron chi connectivity index (χ4n) is 1.07. The van der Waals surface area contributed by atoms with Crippen molar-refractivity contribution >= 4 is 26.0 Å². The van der Waals surface area contributed by atoms with Crippen LogP contribution in [-0.4, -0.2) is 29.8 Å². The van der Waals surface area contributed by atoms with Gasteiger partial charge in [-0.3, -0.25) is 0 Å². The Morgan fingerprint density at radius 3 is 2.53 bits per heavy atom. The summed E-state index contributed by atoms with van der Waals surface area (Å²) in [5, 5.41) is 0.798. The lowest BCUT2D eigenvalue weighted by Gasteiger charge is -2.21. The van der Waals surface area contributed by atoms with E-state index in [9.17, 15) is 8.42 Å². The highest BCUT2D eigenvalue weighted by molar-refractivity contribution is 9.09. The van der Waals surface area contributed by atoms with Gasteiger partial charge in [0.25, 0.3) is 10.0 Å². The highest BCUT2D eigenvalue weighted by Gasteiger charge is 2.23. The first-order valence-electron chi connectivity index (χ1n) is 5.23. The summed E-state index contributed by atoms with van der Waals surface area (Å²) in [5.41, 5.74) is -0.128. The molecule has 17 heavy (non-hydrogen) atoms. The maximum absolute atomic E-state index is 12.0. The van der Waals surface area contributed by atoms with Crippen molar-refractivity contribution in [2.75, 3.05) is 11.9 Å². The van der Waals surface area contributed by atoms with Crippen molar-refractivity contribution in [2.45, 2.75) is 25.8 Å². The first-order chi connectivity index (χ1) is 7.68. The van der Waals surface area contributed by atoms with E-state index in [0.717, 1.165) is 5.33 Å². The maximum Gasteiger partial charge on any atom is 0.259 e. The monoisotopic (exact) mass is 323 g/mol. The van der Waals surface area contributed by atoms with Crippen molar-refractivity contribution in [3.8, 4) is 0 Å². The van der Waals surface area contributed by atoms with E-state index in [2.05, 4.69) is 25.6 Å². The third kappa shape index (κ3) is 3.79. The second kappa shape index (κ2) is 5.07. The Hall–Kier alpha value is -0.400. The van der Waals surface area contributed by atoms with Crippen LogP contribution < -0.4 is 4.72 Å². The van der Waals surface area contributed by atoms with Gasteiger partial charge >= 0.3 is 0 Å². The quantitative estimate of drug-likeness (QED) is 0.834. The smallest absolute Gasteiger partial charge is 0.259 e. The number of hydrogen-bond donors (Lipinski definition) is 1. The SMILES string of the molecule is Cc1nc(S(=O)(=O)NCC(C)(C)CBr)cn1C. The van der Waals surface area contributed by atoms with Gasteiger partial charge in [-0.1, -0.05) is 29.8 Å². The molecule has 1 aromatic heterocycles. The first-order valence-corrected chi connectivity index (χ1v) is 7.84. The minimum absolute atomic E-state index is 0.0721. The van der Waals surface area contributed by atoms with Crippen LogP contribution in [0.1, 0.15) is 19.7 Å². The zero-order valence-corrected chi connectivity index (χ0v) is 12.9. The van der Waals surface area contributed by atoms with Crippen molar-refractivity contribution in [3.63, 3.8) is 0 Å². The van der Waals surface area contributed by atoms with E-state index in [-0.39, 0.29) is 10.4 Å². The number of alkyl halides is 1. The Balaban J connectivity index is 2.83. The fourth-order valence-corrected chi connectivity index (χ4v) is 2.54. The molecule has 0 aliphatic rings. The summed E-state index contributed by atoms with van der Waals surface area (Å²) >= 11 is 3.36. The van der Waals surface area contributed by atoms with Crippen LogP contribution in [0.3, 0.4) is 0 Å². The second-order valence-corrected chi connectivity index (χ2v) is 7.13. The van der Waals surface area contributed by atoms with E-state index in [0.29, 0.717) is 12.4 Å². The van der Waals surface area contributed by atoms with Gasteiger partial charge in [0.2, 0.25) is 0 Å². The van der Waals surface area contributed by atoms with E-state index in [1.807, 2.05) is 13.8 Å². The molecular formula is C10H18BrN3O2S. The number of sulfonamides is 1. The van der Waals surface area contributed by atoms with Crippen LogP contribution in [0.2, 0.25) is 0 Å². The summed E-state index contributed by atoms with van der Waals surface area (Å²) in [5.74, 6) is 0.671. The average molecular weight is 324 g/mol. The van der Waals surface area contributed by atoms with E-state index < -0.39 is 10.0 Å². The Morgan fingerprint density at radius 2 is 2.12 bits per heavy atom. The van der Waals surface area contributed by atoms with Gasteiger partial charge in [0.1, 0.15) is 5.82 Å².